The van der Waals surface area contributed by atoms with Crippen LogP contribution in [0.5, 0.6) is 0 Å². The van der Waals surface area contributed by atoms with Gasteiger partial charge in [0.15, 0.2) is 5.65 Å². The number of aryl methyl sites for hydroxylation is 1. The number of nitrogens with one attached hydrogen (secondary N) is 1. The topological polar surface area (TPSA) is 55.1 Å². The molecule has 0 radical (unpaired) electrons. The first-order valence-corrected chi connectivity index (χ1v) is 7.14. The van der Waals surface area contributed by atoms with Crippen molar-refractivity contribution in [3.63, 3.8) is 0 Å². The van der Waals surface area contributed by atoms with Crippen LogP contribution >= 0.6 is 11.3 Å². The van der Waals surface area contributed by atoms with E-state index in [9.17, 15) is 0 Å². The summed E-state index contributed by atoms with van der Waals surface area (Å²) in [5.41, 5.74) is 2.00. The maximum atomic E-state index is 4.53. The van der Waals surface area contributed by atoms with Crippen LogP contribution in [0.15, 0.2) is 29.9 Å². The van der Waals surface area contributed by atoms with Crippen molar-refractivity contribution in [2.45, 2.75) is 26.3 Å². The van der Waals surface area contributed by atoms with Crippen molar-refractivity contribution >= 4 is 22.9 Å². The lowest BCUT2D eigenvalue weighted by Gasteiger charge is -2.11. The summed E-state index contributed by atoms with van der Waals surface area (Å²) in [6.07, 6.45) is 4.68. The average Bonchev–Trinajstić information content (AvgIpc) is 3.05. The number of aromatic nitrogens is 4. The second kappa shape index (κ2) is 4.97. The number of hydrogen-bond donors (Lipinski definition) is 1. The van der Waals surface area contributed by atoms with E-state index in [0.717, 1.165) is 22.6 Å². The van der Waals surface area contributed by atoms with Gasteiger partial charge in [-0.3, -0.25) is 0 Å². The summed E-state index contributed by atoms with van der Waals surface area (Å²) >= 11 is 1.65. The SMILES string of the molecule is CCC(Nc1nc2c(C)cccn2n1)c1nccs1. The van der Waals surface area contributed by atoms with Gasteiger partial charge in [0, 0.05) is 17.8 Å². The summed E-state index contributed by atoms with van der Waals surface area (Å²) < 4.78 is 1.80. The summed E-state index contributed by atoms with van der Waals surface area (Å²) in [6.45, 7) is 4.16. The molecule has 0 fully saturated rings. The van der Waals surface area contributed by atoms with Gasteiger partial charge in [-0.25, -0.2) is 9.50 Å². The quantitative estimate of drug-likeness (QED) is 0.793. The van der Waals surface area contributed by atoms with Crippen molar-refractivity contribution in [1.82, 2.24) is 19.6 Å². The van der Waals surface area contributed by atoms with E-state index >= 15 is 0 Å². The molecule has 0 saturated heterocycles. The number of nitrogens with zero attached hydrogens (tertiary/aromatic N) is 4. The average molecular weight is 273 g/mol. The lowest BCUT2D eigenvalue weighted by atomic mass is 10.2. The largest absolute Gasteiger partial charge is 0.344 e. The van der Waals surface area contributed by atoms with Gasteiger partial charge in [-0.15, -0.1) is 16.4 Å². The van der Waals surface area contributed by atoms with Gasteiger partial charge < -0.3 is 5.32 Å². The lowest BCUT2D eigenvalue weighted by Crippen LogP contribution is -2.10. The Morgan fingerprint density at radius 2 is 2.37 bits per heavy atom. The van der Waals surface area contributed by atoms with E-state index in [1.165, 1.54) is 0 Å². The third-order valence-corrected chi connectivity index (χ3v) is 3.91. The highest BCUT2D eigenvalue weighted by Crippen LogP contribution is 2.23. The molecule has 1 unspecified atom stereocenters. The zero-order chi connectivity index (χ0) is 13.2. The molecule has 0 spiro atoms. The highest BCUT2D eigenvalue weighted by atomic mass is 32.1. The van der Waals surface area contributed by atoms with Gasteiger partial charge in [0.2, 0.25) is 5.95 Å². The Balaban J connectivity index is 1.90. The van der Waals surface area contributed by atoms with Crippen molar-refractivity contribution in [2.24, 2.45) is 0 Å². The molecule has 0 aromatic carbocycles. The summed E-state index contributed by atoms with van der Waals surface area (Å²) in [5.74, 6) is 0.649. The van der Waals surface area contributed by atoms with Crippen LogP contribution in [0.1, 0.15) is 30.0 Å². The van der Waals surface area contributed by atoms with Crippen LogP contribution < -0.4 is 5.32 Å². The van der Waals surface area contributed by atoms with E-state index in [1.807, 2.05) is 36.8 Å². The number of hydrogen-bond acceptors (Lipinski definition) is 5. The van der Waals surface area contributed by atoms with Gasteiger partial charge in [0.1, 0.15) is 5.01 Å². The Hall–Kier alpha value is -1.95. The van der Waals surface area contributed by atoms with Gasteiger partial charge in [0.05, 0.1) is 6.04 Å². The fourth-order valence-corrected chi connectivity index (χ4v) is 2.77. The fourth-order valence-electron chi connectivity index (χ4n) is 2.00. The first kappa shape index (κ1) is 12.1. The predicted octanol–water partition coefficient (Wildman–Crippen LogP) is 3.06. The molecular formula is C13H15N5S. The van der Waals surface area contributed by atoms with Gasteiger partial charge in [0.25, 0.3) is 0 Å². The highest BCUT2D eigenvalue weighted by molar-refractivity contribution is 7.09. The monoisotopic (exact) mass is 273 g/mol. The predicted molar refractivity (Wildman–Crippen MR) is 76.5 cm³/mol. The molecule has 1 atom stereocenters. The summed E-state index contributed by atoms with van der Waals surface area (Å²) in [5, 5.41) is 10.8. The summed E-state index contributed by atoms with van der Waals surface area (Å²) in [7, 11) is 0. The van der Waals surface area contributed by atoms with Gasteiger partial charge in [-0.1, -0.05) is 13.0 Å². The van der Waals surface area contributed by atoms with Crippen molar-refractivity contribution in [1.29, 1.82) is 0 Å². The molecule has 5 nitrogen and oxygen atoms in total. The molecule has 0 saturated carbocycles. The van der Waals surface area contributed by atoms with E-state index in [0.29, 0.717) is 5.95 Å². The van der Waals surface area contributed by atoms with Crippen molar-refractivity contribution < 1.29 is 0 Å². The number of pyridine rings is 1. The maximum absolute atomic E-state index is 4.53. The maximum Gasteiger partial charge on any atom is 0.243 e. The fraction of sp³-hybridized carbons (Fsp3) is 0.308. The Bertz CT molecular complexity index is 673. The van der Waals surface area contributed by atoms with E-state index in [4.69, 9.17) is 0 Å². The van der Waals surface area contributed by atoms with Crippen molar-refractivity contribution in [3.8, 4) is 0 Å². The van der Waals surface area contributed by atoms with E-state index in [1.54, 1.807) is 15.9 Å². The van der Waals surface area contributed by atoms with Crippen LogP contribution in [0, 0.1) is 6.92 Å². The number of rotatable bonds is 4. The smallest absolute Gasteiger partial charge is 0.243 e. The van der Waals surface area contributed by atoms with Crippen LogP contribution in [0.25, 0.3) is 5.65 Å². The molecule has 3 aromatic heterocycles. The molecule has 3 rings (SSSR count). The first-order valence-electron chi connectivity index (χ1n) is 6.26. The van der Waals surface area contributed by atoms with Crippen LogP contribution in [0.4, 0.5) is 5.95 Å². The zero-order valence-electron chi connectivity index (χ0n) is 10.9. The summed E-state index contributed by atoms with van der Waals surface area (Å²) in [6, 6.07) is 4.17. The molecule has 0 aliphatic heterocycles. The van der Waals surface area contributed by atoms with E-state index in [2.05, 4.69) is 27.3 Å². The minimum atomic E-state index is 0.165. The Morgan fingerprint density at radius 1 is 1.47 bits per heavy atom. The third-order valence-electron chi connectivity index (χ3n) is 3.02. The highest BCUT2D eigenvalue weighted by Gasteiger charge is 2.14. The van der Waals surface area contributed by atoms with Crippen LogP contribution in [0.3, 0.4) is 0 Å². The molecule has 0 amide bonds. The molecule has 3 heterocycles. The lowest BCUT2D eigenvalue weighted by molar-refractivity contribution is 0.731. The molecular weight excluding hydrogens is 258 g/mol. The van der Waals surface area contributed by atoms with Gasteiger partial charge in [-0.2, -0.15) is 4.98 Å². The Morgan fingerprint density at radius 3 is 3.05 bits per heavy atom. The van der Waals surface area contributed by atoms with Crippen LogP contribution in [-0.4, -0.2) is 19.6 Å². The molecule has 0 aliphatic rings. The molecule has 19 heavy (non-hydrogen) atoms. The van der Waals surface area contributed by atoms with Crippen LogP contribution in [-0.2, 0) is 0 Å². The molecule has 1 N–H and O–H groups in total. The van der Waals surface area contributed by atoms with E-state index in [-0.39, 0.29) is 6.04 Å². The van der Waals surface area contributed by atoms with Crippen LogP contribution in [0.2, 0.25) is 0 Å². The Kier molecular flexibility index (Phi) is 3.16. The normalized spacial score (nSPS) is 12.7. The molecule has 6 heteroatoms. The second-order valence-electron chi connectivity index (χ2n) is 4.37. The minimum Gasteiger partial charge on any atom is -0.344 e. The van der Waals surface area contributed by atoms with Gasteiger partial charge in [-0.05, 0) is 25.0 Å². The van der Waals surface area contributed by atoms with E-state index < -0.39 is 0 Å². The third kappa shape index (κ3) is 2.31. The molecule has 0 bridgehead atoms. The van der Waals surface area contributed by atoms with Crippen molar-refractivity contribution in [2.75, 3.05) is 5.32 Å². The Labute approximate surface area is 115 Å². The van der Waals surface area contributed by atoms with Crippen molar-refractivity contribution in [3.05, 3.63) is 40.5 Å². The molecule has 3 aromatic rings. The second-order valence-corrected chi connectivity index (χ2v) is 5.30. The first-order chi connectivity index (χ1) is 9.28. The molecule has 98 valence electrons. The number of thiazole rings is 1. The van der Waals surface area contributed by atoms with Gasteiger partial charge >= 0.3 is 0 Å². The number of anilines is 1. The standard InChI is InChI=1S/C13H15N5S/c1-3-10(12-14-6-8-19-12)15-13-16-11-9(2)5-4-7-18(11)17-13/h4-8,10H,3H2,1-2H3,(H,15,17). The zero-order valence-corrected chi connectivity index (χ0v) is 11.7. The minimum absolute atomic E-state index is 0.165. The molecule has 0 aliphatic carbocycles. The number of fused-ring (bicyclic) bond motifs is 1. The summed E-state index contributed by atoms with van der Waals surface area (Å²) in [4.78, 5) is 8.88.